The van der Waals surface area contributed by atoms with Crippen molar-refractivity contribution in [1.29, 1.82) is 0 Å². The molecule has 0 spiro atoms. The van der Waals surface area contributed by atoms with Crippen molar-refractivity contribution in [3.63, 3.8) is 0 Å². The molecule has 0 aliphatic heterocycles. The number of likely N-dealkylation sites (N-methyl/N-ethyl adjacent to an activating group) is 1. The van der Waals surface area contributed by atoms with Crippen molar-refractivity contribution < 1.29 is 9.84 Å². The quantitative estimate of drug-likeness (QED) is 0.490. The van der Waals surface area contributed by atoms with Gasteiger partial charge in [-0.1, -0.05) is 18.6 Å². The fourth-order valence-corrected chi connectivity index (χ4v) is 4.29. The first-order valence-electron chi connectivity index (χ1n) is 10.1. The zero-order valence-corrected chi connectivity index (χ0v) is 16.0. The lowest BCUT2D eigenvalue weighted by Crippen LogP contribution is -2.55. The Labute approximate surface area is 157 Å². The first-order valence-corrected chi connectivity index (χ1v) is 10.1. The van der Waals surface area contributed by atoms with Crippen LogP contribution in [0.4, 0.5) is 5.69 Å². The number of rotatable bonds is 8. The largest absolute Gasteiger partial charge is 0.399 e. The van der Waals surface area contributed by atoms with E-state index in [1.54, 1.807) is 0 Å². The third-order valence-corrected chi connectivity index (χ3v) is 6.42. The average Bonchev–Trinajstić information content (AvgIpc) is 2.59. The molecule has 1 aromatic rings. The summed E-state index contributed by atoms with van der Waals surface area (Å²) < 4.78 is 5.90. The van der Waals surface area contributed by atoms with Gasteiger partial charge in [0, 0.05) is 24.4 Å². The van der Waals surface area contributed by atoms with E-state index in [9.17, 15) is 5.11 Å². The van der Waals surface area contributed by atoms with E-state index in [2.05, 4.69) is 4.90 Å². The lowest BCUT2D eigenvalue weighted by molar-refractivity contribution is -0.0594. The van der Waals surface area contributed by atoms with Gasteiger partial charge in [0.2, 0.25) is 0 Å². The Bertz CT molecular complexity index is 556. The van der Waals surface area contributed by atoms with Crippen LogP contribution in [0.25, 0.3) is 0 Å². The predicted octanol–water partition coefficient (Wildman–Crippen LogP) is 2.72. The van der Waals surface area contributed by atoms with Crippen LogP contribution in [-0.2, 0) is 11.3 Å². The summed E-state index contributed by atoms with van der Waals surface area (Å²) in [5.41, 5.74) is 14.1. The molecule has 2 aliphatic carbocycles. The summed E-state index contributed by atoms with van der Waals surface area (Å²) in [7, 11) is 2.02. The standard InChI is InChI=1S/C21H35N3O2/c1-24(19-6-3-7-19)21(25)20(23)17-10-8-15(9-11-17)13-26-14-16-4-2-5-18(22)12-16/h2,4-5,12,15,17,19-21,25H,3,6-11,13-14,22-23H2,1H3/t15?,17?,20-,21?/m0/s1. The lowest BCUT2D eigenvalue weighted by atomic mass is 9.78. The normalized spacial score (nSPS) is 26.5. The molecule has 2 aliphatic rings. The number of hydrogen-bond acceptors (Lipinski definition) is 5. The molecular weight excluding hydrogens is 326 g/mol. The summed E-state index contributed by atoms with van der Waals surface area (Å²) in [4.78, 5) is 2.09. The van der Waals surface area contributed by atoms with Crippen LogP contribution < -0.4 is 11.5 Å². The van der Waals surface area contributed by atoms with Gasteiger partial charge >= 0.3 is 0 Å². The van der Waals surface area contributed by atoms with E-state index in [1.807, 2.05) is 31.3 Å². The van der Waals surface area contributed by atoms with Crippen molar-refractivity contribution in [1.82, 2.24) is 4.90 Å². The van der Waals surface area contributed by atoms with Crippen molar-refractivity contribution in [2.45, 2.75) is 69.9 Å². The van der Waals surface area contributed by atoms with E-state index in [0.717, 1.165) is 43.5 Å². The second-order valence-electron chi connectivity index (χ2n) is 8.28. The summed E-state index contributed by atoms with van der Waals surface area (Å²) in [5, 5.41) is 10.6. The molecule has 0 aromatic heterocycles. The number of ether oxygens (including phenoxy) is 1. The zero-order valence-electron chi connectivity index (χ0n) is 16.0. The van der Waals surface area contributed by atoms with Crippen molar-refractivity contribution in [3.05, 3.63) is 29.8 Å². The smallest absolute Gasteiger partial charge is 0.122 e. The van der Waals surface area contributed by atoms with Gasteiger partial charge in [0.25, 0.3) is 0 Å². The maximum Gasteiger partial charge on any atom is 0.122 e. The van der Waals surface area contributed by atoms with Crippen LogP contribution in [0.3, 0.4) is 0 Å². The first kappa shape index (κ1) is 19.6. The van der Waals surface area contributed by atoms with Crippen molar-refractivity contribution in [2.24, 2.45) is 17.6 Å². The molecule has 3 rings (SSSR count). The van der Waals surface area contributed by atoms with E-state index < -0.39 is 6.23 Å². The van der Waals surface area contributed by atoms with Gasteiger partial charge in [-0.15, -0.1) is 0 Å². The summed E-state index contributed by atoms with van der Waals surface area (Å²) in [6.07, 6.45) is 7.59. The van der Waals surface area contributed by atoms with Gasteiger partial charge in [0.15, 0.2) is 0 Å². The maximum atomic E-state index is 10.6. The molecule has 0 saturated heterocycles. The Kier molecular flexibility index (Phi) is 6.92. The van der Waals surface area contributed by atoms with Crippen LogP contribution in [0.5, 0.6) is 0 Å². The molecule has 0 heterocycles. The molecule has 2 fully saturated rings. The molecule has 1 unspecified atom stereocenters. The van der Waals surface area contributed by atoms with Gasteiger partial charge < -0.3 is 21.3 Å². The van der Waals surface area contributed by atoms with Crippen LogP contribution in [0, 0.1) is 11.8 Å². The number of benzene rings is 1. The molecule has 0 radical (unpaired) electrons. The van der Waals surface area contributed by atoms with Crippen LogP contribution in [0.2, 0.25) is 0 Å². The topological polar surface area (TPSA) is 84.7 Å². The minimum Gasteiger partial charge on any atom is -0.399 e. The molecule has 5 heteroatoms. The number of aliphatic hydroxyl groups excluding tert-OH is 1. The minimum absolute atomic E-state index is 0.144. The highest BCUT2D eigenvalue weighted by Gasteiger charge is 2.34. The lowest BCUT2D eigenvalue weighted by Gasteiger charge is -2.42. The predicted molar refractivity (Wildman–Crippen MR) is 105 cm³/mol. The van der Waals surface area contributed by atoms with Gasteiger partial charge in [0.1, 0.15) is 6.23 Å². The van der Waals surface area contributed by atoms with Crippen molar-refractivity contribution in [2.75, 3.05) is 19.4 Å². The molecule has 146 valence electrons. The fraction of sp³-hybridized carbons (Fsp3) is 0.714. The van der Waals surface area contributed by atoms with Gasteiger partial charge in [-0.3, -0.25) is 4.90 Å². The van der Waals surface area contributed by atoms with Gasteiger partial charge in [-0.2, -0.15) is 0 Å². The zero-order chi connectivity index (χ0) is 18.5. The number of nitrogens with two attached hydrogens (primary N) is 2. The Hall–Kier alpha value is -1.14. The summed E-state index contributed by atoms with van der Waals surface area (Å²) in [5.74, 6) is 1.01. The van der Waals surface area contributed by atoms with Crippen LogP contribution >= 0.6 is 0 Å². The molecule has 5 nitrogen and oxygen atoms in total. The van der Waals surface area contributed by atoms with Crippen molar-refractivity contribution in [3.8, 4) is 0 Å². The fourth-order valence-electron chi connectivity index (χ4n) is 4.29. The SMILES string of the molecule is CN(C1CCC1)C(O)[C@@H](N)C1CCC(COCc2cccc(N)c2)CC1. The molecular formula is C21H35N3O2. The molecule has 5 N–H and O–H groups in total. The van der Waals surface area contributed by atoms with E-state index >= 15 is 0 Å². The molecule has 26 heavy (non-hydrogen) atoms. The van der Waals surface area contributed by atoms with E-state index in [4.69, 9.17) is 16.2 Å². The second kappa shape index (κ2) is 9.18. The Balaban J connectivity index is 1.36. The van der Waals surface area contributed by atoms with Crippen LogP contribution in [0.1, 0.15) is 50.5 Å². The second-order valence-corrected chi connectivity index (χ2v) is 8.28. The van der Waals surface area contributed by atoms with E-state index in [0.29, 0.717) is 24.5 Å². The highest BCUT2D eigenvalue weighted by molar-refractivity contribution is 5.40. The highest BCUT2D eigenvalue weighted by atomic mass is 16.5. The molecule has 1 aromatic carbocycles. The molecule has 0 bridgehead atoms. The Morgan fingerprint density at radius 2 is 1.92 bits per heavy atom. The van der Waals surface area contributed by atoms with Crippen LogP contribution in [0.15, 0.2) is 24.3 Å². The molecule has 0 amide bonds. The van der Waals surface area contributed by atoms with E-state index in [1.165, 1.54) is 19.3 Å². The minimum atomic E-state index is -0.512. The summed E-state index contributed by atoms with van der Waals surface area (Å²) in [6.45, 7) is 1.41. The van der Waals surface area contributed by atoms with Crippen molar-refractivity contribution >= 4 is 5.69 Å². The summed E-state index contributed by atoms with van der Waals surface area (Å²) in [6, 6.07) is 8.25. The number of nitrogens with zero attached hydrogens (tertiary/aromatic N) is 1. The summed E-state index contributed by atoms with van der Waals surface area (Å²) >= 11 is 0. The number of nitrogen functional groups attached to an aromatic ring is 1. The Morgan fingerprint density at radius 1 is 1.19 bits per heavy atom. The Morgan fingerprint density at radius 3 is 2.54 bits per heavy atom. The van der Waals surface area contributed by atoms with Crippen LogP contribution in [-0.4, -0.2) is 42.0 Å². The van der Waals surface area contributed by atoms with Gasteiger partial charge in [-0.25, -0.2) is 0 Å². The van der Waals surface area contributed by atoms with E-state index in [-0.39, 0.29) is 6.04 Å². The maximum absolute atomic E-state index is 10.6. The monoisotopic (exact) mass is 361 g/mol. The average molecular weight is 362 g/mol. The van der Waals surface area contributed by atoms with Gasteiger partial charge in [-0.05, 0) is 75.1 Å². The molecule has 2 atom stereocenters. The number of aliphatic hydroxyl groups is 1. The van der Waals surface area contributed by atoms with Gasteiger partial charge in [0.05, 0.1) is 6.61 Å². The molecule has 2 saturated carbocycles. The third kappa shape index (κ3) is 4.97. The first-order chi connectivity index (χ1) is 12.5. The highest BCUT2D eigenvalue weighted by Crippen LogP contribution is 2.33. The number of anilines is 1. The number of hydrogen-bond donors (Lipinski definition) is 3. The third-order valence-electron chi connectivity index (χ3n) is 6.42.